The van der Waals surface area contributed by atoms with Gasteiger partial charge in [0.05, 0.1) is 0 Å². The summed E-state index contributed by atoms with van der Waals surface area (Å²) in [5.74, 6) is -2.20. The van der Waals surface area contributed by atoms with E-state index in [1.807, 2.05) is 74.5 Å². The standard InChI is InChI=1S/C43H56ClN7O9.C9H10O2.C2H6/c1-29(48-41(56)58-27-31-18-9-6-10-19-31)46-25-15-23-35(51-42(57)60-43(2,3)4)38(53)50-36(26-30-16-7-5-8-17-30)39(54)49-34(37(45)52)22-13-14-24-47-40(55)59-28-32-20-11-12-21-33(32)44;1-8(10)11-7-9-5-3-2-4-6-9;1-2/h5-12,16-21,34-36,46H,1,13-15,22-28H2,2-4H3,(H2,45,52)(H,47,55)(H,48,56)(H,49,54)(H,50,53)(H,51,57);2-6H,7H2,1H3;1-2H3/t34-,35+,36-;;/m0../s1. The molecular weight excluding hydrogens is 958 g/mol. The van der Waals surface area contributed by atoms with Crippen molar-refractivity contribution < 1.29 is 52.5 Å². The maximum atomic E-state index is 13.9. The summed E-state index contributed by atoms with van der Waals surface area (Å²) in [6, 6.07) is 31.3. The molecule has 73 heavy (non-hydrogen) atoms. The fourth-order valence-corrected chi connectivity index (χ4v) is 6.50. The van der Waals surface area contributed by atoms with Gasteiger partial charge in [-0.3, -0.25) is 24.5 Å². The van der Waals surface area contributed by atoms with Crippen molar-refractivity contribution in [2.24, 2.45) is 5.73 Å². The van der Waals surface area contributed by atoms with Gasteiger partial charge in [0.2, 0.25) is 17.7 Å². The van der Waals surface area contributed by atoms with Gasteiger partial charge in [-0.25, -0.2) is 14.4 Å². The average molecular weight is 1030 g/mol. The molecule has 0 aliphatic heterocycles. The number of hydrogen-bond donors (Lipinski definition) is 7. The second kappa shape index (κ2) is 34.7. The summed E-state index contributed by atoms with van der Waals surface area (Å²) in [5.41, 5.74) is 8.03. The number of unbranched alkanes of at least 4 members (excludes halogenated alkanes) is 1. The van der Waals surface area contributed by atoms with Gasteiger partial charge in [-0.2, -0.15) is 0 Å². The average Bonchev–Trinajstić information content (AvgIpc) is 3.36. The van der Waals surface area contributed by atoms with Gasteiger partial charge in [0.25, 0.3) is 0 Å². The van der Waals surface area contributed by atoms with E-state index in [1.165, 1.54) is 6.92 Å². The molecule has 4 aromatic rings. The highest BCUT2D eigenvalue weighted by Gasteiger charge is 2.30. The number of alkyl carbamates (subject to hydrolysis) is 3. The molecule has 0 radical (unpaired) electrons. The monoisotopic (exact) mass is 1030 g/mol. The third kappa shape index (κ3) is 28.1. The van der Waals surface area contributed by atoms with E-state index >= 15 is 0 Å². The van der Waals surface area contributed by atoms with E-state index in [4.69, 9.17) is 36.3 Å². The van der Waals surface area contributed by atoms with Crippen LogP contribution in [0.15, 0.2) is 128 Å². The highest BCUT2D eigenvalue weighted by Crippen LogP contribution is 2.16. The number of amides is 6. The summed E-state index contributed by atoms with van der Waals surface area (Å²) < 4.78 is 20.6. The molecule has 0 aromatic heterocycles. The SMILES string of the molecule is C=C(NCCC[C@@H](NC(=O)OC(C)(C)C)C(=O)N[C@@H](Cc1ccccc1)C(=O)N[C@@H](CCCCNC(=O)OCc1ccccc1Cl)C(N)=O)NC(=O)OCc1ccccc1.CC.CC(=O)OCc1ccccc1. The summed E-state index contributed by atoms with van der Waals surface area (Å²) in [6.45, 7) is 15.1. The second-order valence-electron chi connectivity index (χ2n) is 17.0. The Kier molecular flexibility index (Phi) is 29.2. The van der Waals surface area contributed by atoms with E-state index in [9.17, 15) is 33.6 Å². The van der Waals surface area contributed by atoms with Crippen LogP contribution in [0.25, 0.3) is 0 Å². The smallest absolute Gasteiger partial charge is 0.413 e. The molecule has 0 saturated carbocycles. The molecule has 0 fully saturated rings. The van der Waals surface area contributed by atoms with Crippen LogP contribution >= 0.6 is 11.6 Å². The van der Waals surface area contributed by atoms with Crippen LogP contribution in [0.3, 0.4) is 0 Å². The van der Waals surface area contributed by atoms with Crippen LogP contribution in [-0.2, 0) is 64.4 Å². The lowest BCUT2D eigenvalue weighted by atomic mass is 10.0. The van der Waals surface area contributed by atoms with Crippen molar-refractivity contribution in [3.8, 4) is 0 Å². The van der Waals surface area contributed by atoms with E-state index in [0.717, 1.165) is 16.7 Å². The van der Waals surface area contributed by atoms with Crippen LogP contribution in [0.2, 0.25) is 5.02 Å². The van der Waals surface area contributed by atoms with Crippen molar-refractivity contribution in [3.63, 3.8) is 0 Å². The second-order valence-corrected chi connectivity index (χ2v) is 17.4. The summed E-state index contributed by atoms with van der Waals surface area (Å²) >= 11 is 6.11. The molecule has 4 aromatic carbocycles. The fraction of sp³-hybridized carbons (Fsp3) is 0.389. The number of benzene rings is 4. The van der Waals surface area contributed by atoms with E-state index in [1.54, 1.807) is 75.4 Å². The predicted octanol–water partition coefficient (Wildman–Crippen LogP) is 7.87. The zero-order valence-electron chi connectivity index (χ0n) is 42.6. The Balaban J connectivity index is 0.00000122. The van der Waals surface area contributed by atoms with Crippen LogP contribution in [0, 0.1) is 0 Å². The van der Waals surface area contributed by atoms with Gasteiger partial charge in [0, 0.05) is 37.0 Å². The maximum absolute atomic E-state index is 13.9. The van der Waals surface area contributed by atoms with Crippen LogP contribution in [0.1, 0.15) is 95.9 Å². The molecule has 0 spiro atoms. The molecule has 3 atom stereocenters. The van der Waals surface area contributed by atoms with Crippen molar-refractivity contribution in [3.05, 3.63) is 155 Å². The van der Waals surface area contributed by atoms with Crippen molar-refractivity contribution in [2.45, 2.75) is 124 Å². The third-order valence-corrected chi connectivity index (χ3v) is 10.2. The zero-order chi connectivity index (χ0) is 54.0. The summed E-state index contributed by atoms with van der Waals surface area (Å²) in [4.78, 5) is 87.7. The molecule has 18 nitrogen and oxygen atoms in total. The lowest BCUT2D eigenvalue weighted by Crippen LogP contribution is -2.57. The van der Waals surface area contributed by atoms with Gasteiger partial charge in [-0.15, -0.1) is 0 Å². The highest BCUT2D eigenvalue weighted by molar-refractivity contribution is 6.31. The number of esters is 1. The molecule has 8 N–H and O–H groups in total. The molecule has 0 unspecified atom stereocenters. The minimum absolute atomic E-state index is 0.000433. The summed E-state index contributed by atoms with van der Waals surface area (Å²) in [5, 5.41) is 16.6. The van der Waals surface area contributed by atoms with Crippen LogP contribution < -0.4 is 37.6 Å². The number of carbonyl (C=O) groups is 7. The quantitative estimate of drug-likeness (QED) is 0.0190. The van der Waals surface area contributed by atoms with E-state index in [2.05, 4.69) is 38.5 Å². The first kappa shape index (κ1) is 61.5. The lowest BCUT2D eigenvalue weighted by Gasteiger charge is -2.26. The molecule has 19 heteroatoms. The number of rotatable bonds is 25. The highest BCUT2D eigenvalue weighted by atomic mass is 35.5. The Morgan fingerprint density at radius 2 is 1.07 bits per heavy atom. The normalized spacial score (nSPS) is 11.6. The third-order valence-electron chi connectivity index (χ3n) is 9.85. The van der Waals surface area contributed by atoms with E-state index < -0.39 is 59.7 Å². The first-order chi connectivity index (χ1) is 34.9. The van der Waals surface area contributed by atoms with Gasteiger partial charge in [-0.1, -0.05) is 141 Å². The Morgan fingerprint density at radius 1 is 0.575 bits per heavy atom. The number of halogens is 1. The predicted molar refractivity (Wildman–Crippen MR) is 279 cm³/mol. The van der Waals surface area contributed by atoms with Gasteiger partial charge in [-0.05, 0) is 75.6 Å². The maximum Gasteiger partial charge on any atom is 0.413 e. The number of nitrogens with two attached hydrogens (primary N) is 1. The first-order valence-electron chi connectivity index (χ1n) is 24.0. The van der Waals surface area contributed by atoms with Gasteiger partial charge in [0.15, 0.2) is 0 Å². The molecular formula is C54H72ClN7O11. The van der Waals surface area contributed by atoms with E-state index in [-0.39, 0.29) is 57.4 Å². The summed E-state index contributed by atoms with van der Waals surface area (Å²) in [7, 11) is 0. The zero-order valence-corrected chi connectivity index (χ0v) is 43.4. The molecule has 396 valence electrons. The minimum atomic E-state index is -1.18. The fourth-order valence-electron chi connectivity index (χ4n) is 6.31. The molecule has 4 rings (SSSR count). The van der Waals surface area contributed by atoms with Crippen molar-refractivity contribution in [1.82, 2.24) is 31.9 Å². The van der Waals surface area contributed by atoms with E-state index in [0.29, 0.717) is 36.5 Å². The Hall–Kier alpha value is -7.60. The number of ether oxygens (including phenoxy) is 4. The van der Waals surface area contributed by atoms with Crippen LogP contribution in [0.4, 0.5) is 14.4 Å². The van der Waals surface area contributed by atoms with Gasteiger partial charge >= 0.3 is 24.2 Å². The van der Waals surface area contributed by atoms with Crippen molar-refractivity contribution in [2.75, 3.05) is 13.1 Å². The van der Waals surface area contributed by atoms with Gasteiger partial charge in [0.1, 0.15) is 49.4 Å². The largest absolute Gasteiger partial charge is 0.461 e. The van der Waals surface area contributed by atoms with Crippen molar-refractivity contribution in [1.29, 1.82) is 0 Å². The van der Waals surface area contributed by atoms with Crippen LogP contribution in [-0.4, -0.2) is 78.8 Å². The summed E-state index contributed by atoms with van der Waals surface area (Å²) in [6.07, 6.45) is -0.730. The molecule has 0 aliphatic carbocycles. The number of nitrogens with one attached hydrogen (secondary N) is 6. The molecule has 0 aliphatic rings. The Labute approximate surface area is 433 Å². The lowest BCUT2D eigenvalue weighted by molar-refractivity contribution is -0.142. The van der Waals surface area contributed by atoms with Crippen LogP contribution in [0.5, 0.6) is 0 Å². The first-order valence-corrected chi connectivity index (χ1v) is 24.4. The molecule has 0 heterocycles. The number of carbonyl (C=O) groups excluding carboxylic acids is 7. The molecule has 0 saturated heterocycles. The minimum Gasteiger partial charge on any atom is -0.461 e. The topological polar surface area (TPSA) is 255 Å². The number of hydrogen-bond acceptors (Lipinski definition) is 12. The Bertz CT molecular complexity index is 2320. The number of primary amides is 1. The van der Waals surface area contributed by atoms with Crippen molar-refractivity contribution >= 4 is 53.6 Å². The molecule has 0 bridgehead atoms. The Morgan fingerprint density at radius 3 is 1.63 bits per heavy atom. The molecule has 6 amide bonds. The van der Waals surface area contributed by atoms with Gasteiger partial charge < -0.3 is 51.3 Å².